The number of amides is 2. The molecular formula is C16H21NO4. The lowest BCUT2D eigenvalue weighted by atomic mass is 9.54. The molecule has 0 radical (unpaired) electrons. The number of rotatable bonds is 5. The molecule has 0 N–H and O–H groups in total. The third-order valence-electron chi connectivity index (χ3n) is 5.55. The van der Waals surface area contributed by atoms with Crippen molar-refractivity contribution in [1.82, 2.24) is 4.90 Å². The Morgan fingerprint density at radius 3 is 2.05 bits per heavy atom. The normalized spacial score (nSPS) is 40.6. The molecule has 0 atom stereocenters. The summed E-state index contributed by atoms with van der Waals surface area (Å²) < 4.78 is 11.5. The zero-order chi connectivity index (χ0) is 14.4. The van der Waals surface area contributed by atoms with E-state index in [9.17, 15) is 9.59 Å². The summed E-state index contributed by atoms with van der Waals surface area (Å²) in [4.78, 5) is 23.9. The maximum Gasteiger partial charge on any atom is 0.255 e. The van der Waals surface area contributed by atoms with Gasteiger partial charge in [0, 0.05) is 12.2 Å². The van der Waals surface area contributed by atoms with E-state index in [4.69, 9.17) is 9.47 Å². The van der Waals surface area contributed by atoms with Crippen LogP contribution >= 0.6 is 0 Å². The summed E-state index contributed by atoms with van der Waals surface area (Å²) >= 11 is 0. The van der Waals surface area contributed by atoms with Gasteiger partial charge in [-0.3, -0.25) is 14.5 Å². The lowest BCUT2D eigenvalue weighted by Gasteiger charge is -2.56. The second kappa shape index (κ2) is 4.92. The Labute approximate surface area is 124 Å². The molecule has 4 aliphatic carbocycles. The van der Waals surface area contributed by atoms with Crippen LogP contribution in [0, 0.1) is 17.8 Å². The average Bonchev–Trinajstić information content (AvgIpc) is 2.73. The quantitative estimate of drug-likeness (QED) is 0.440. The first-order valence-corrected chi connectivity index (χ1v) is 7.89. The SMILES string of the molecule is O=C1C=CC(=O)N1COCOC12CC3CC(CC(C3)C1)C2. The fourth-order valence-corrected chi connectivity index (χ4v) is 5.06. The third-order valence-corrected chi connectivity index (χ3v) is 5.55. The topological polar surface area (TPSA) is 55.8 Å². The van der Waals surface area contributed by atoms with E-state index >= 15 is 0 Å². The fraction of sp³-hybridized carbons (Fsp3) is 0.750. The number of hydrogen-bond acceptors (Lipinski definition) is 4. The van der Waals surface area contributed by atoms with Crippen LogP contribution in [-0.4, -0.2) is 35.8 Å². The van der Waals surface area contributed by atoms with Gasteiger partial charge in [-0.25, -0.2) is 0 Å². The molecule has 5 rings (SSSR count). The lowest BCUT2D eigenvalue weighted by molar-refractivity contribution is -0.215. The van der Waals surface area contributed by atoms with Crippen molar-refractivity contribution in [1.29, 1.82) is 0 Å². The Balaban J connectivity index is 1.28. The highest BCUT2D eigenvalue weighted by atomic mass is 16.7. The molecule has 5 heteroatoms. The summed E-state index contributed by atoms with van der Waals surface area (Å²) in [6.45, 7) is 0.153. The third kappa shape index (κ3) is 2.42. The summed E-state index contributed by atoms with van der Waals surface area (Å²) in [5, 5.41) is 0. The molecule has 2 amide bonds. The predicted octanol–water partition coefficient (Wildman–Crippen LogP) is 1.83. The number of carbonyl (C=O) groups is 2. The van der Waals surface area contributed by atoms with Gasteiger partial charge in [0.05, 0.1) is 5.60 Å². The Morgan fingerprint density at radius 2 is 1.52 bits per heavy atom. The zero-order valence-corrected chi connectivity index (χ0v) is 12.1. The largest absolute Gasteiger partial charge is 0.349 e. The standard InChI is InChI=1S/C16H21NO4/c18-14-1-2-15(19)17(14)9-20-10-21-16-6-11-3-12(7-16)5-13(4-11)8-16/h1-2,11-13H,3-10H2. The first-order chi connectivity index (χ1) is 10.1. The minimum Gasteiger partial charge on any atom is -0.349 e. The van der Waals surface area contributed by atoms with Gasteiger partial charge in [0.1, 0.15) is 13.5 Å². The smallest absolute Gasteiger partial charge is 0.255 e. The minimum atomic E-state index is -0.310. The molecule has 0 spiro atoms. The predicted molar refractivity (Wildman–Crippen MR) is 73.8 cm³/mol. The van der Waals surface area contributed by atoms with E-state index in [0.29, 0.717) is 0 Å². The van der Waals surface area contributed by atoms with E-state index in [1.165, 1.54) is 31.4 Å². The summed E-state index contributed by atoms with van der Waals surface area (Å²) in [6, 6.07) is 0. The van der Waals surface area contributed by atoms with Crippen molar-refractivity contribution in [2.45, 2.75) is 44.1 Å². The summed E-state index contributed by atoms with van der Waals surface area (Å²) in [7, 11) is 0. The Bertz CT molecular complexity index is 445. The van der Waals surface area contributed by atoms with Gasteiger partial charge < -0.3 is 9.47 Å². The van der Waals surface area contributed by atoms with E-state index < -0.39 is 0 Å². The van der Waals surface area contributed by atoms with Crippen molar-refractivity contribution in [3.63, 3.8) is 0 Å². The maximum absolute atomic E-state index is 11.4. The van der Waals surface area contributed by atoms with E-state index in [-0.39, 0.29) is 30.9 Å². The van der Waals surface area contributed by atoms with Gasteiger partial charge in [0.2, 0.25) is 0 Å². The molecule has 0 aromatic carbocycles. The molecule has 1 heterocycles. The molecule has 0 aromatic rings. The Kier molecular flexibility index (Phi) is 3.15. The molecule has 0 saturated heterocycles. The van der Waals surface area contributed by atoms with Crippen LogP contribution in [0.15, 0.2) is 12.2 Å². The summed E-state index contributed by atoms with van der Waals surface area (Å²) in [5.74, 6) is 1.89. The van der Waals surface area contributed by atoms with Gasteiger partial charge >= 0.3 is 0 Å². The van der Waals surface area contributed by atoms with Gasteiger partial charge in [-0.05, 0) is 56.3 Å². The molecule has 0 unspecified atom stereocenters. The number of imide groups is 1. The van der Waals surface area contributed by atoms with Gasteiger partial charge in [0.25, 0.3) is 11.8 Å². The molecular weight excluding hydrogens is 270 g/mol. The zero-order valence-electron chi connectivity index (χ0n) is 12.1. The monoisotopic (exact) mass is 291 g/mol. The van der Waals surface area contributed by atoms with E-state index in [2.05, 4.69) is 0 Å². The molecule has 4 saturated carbocycles. The van der Waals surface area contributed by atoms with Gasteiger partial charge in [-0.1, -0.05) is 0 Å². The number of carbonyl (C=O) groups excluding carboxylic acids is 2. The van der Waals surface area contributed by atoms with Crippen LogP contribution in [0.25, 0.3) is 0 Å². The molecule has 4 fully saturated rings. The van der Waals surface area contributed by atoms with Crippen molar-refractivity contribution in [2.24, 2.45) is 17.8 Å². The number of ether oxygens (including phenoxy) is 2. The van der Waals surface area contributed by atoms with Gasteiger partial charge in [-0.15, -0.1) is 0 Å². The van der Waals surface area contributed by atoms with E-state index in [1.54, 1.807) is 0 Å². The molecule has 4 bridgehead atoms. The van der Waals surface area contributed by atoms with Crippen LogP contribution in [0.5, 0.6) is 0 Å². The van der Waals surface area contributed by atoms with Crippen molar-refractivity contribution in [2.75, 3.05) is 13.5 Å². The fourth-order valence-electron chi connectivity index (χ4n) is 5.06. The Morgan fingerprint density at radius 1 is 1.00 bits per heavy atom. The highest BCUT2D eigenvalue weighted by molar-refractivity contribution is 6.12. The maximum atomic E-state index is 11.4. The highest BCUT2D eigenvalue weighted by Crippen LogP contribution is 2.57. The van der Waals surface area contributed by atoms with E-state index in [0.717, 1.165) is 41.9 Å². The average molecular weight is 291 g/mol. The van der Waals surface area contributed by atoms with Crippen LogP contribution in [0.2, 0.25) is 0 Å². The van der Waals surface area contributed by atoms with Crippen LogP contribution in [0.3, 0.4) is 0 Å². The molecule has 1 aliphatic heterocycles. The second-order valence-electron chi connectivity index (χ2n) is 7.13. The lowest BCUT2D eigenvalue weighted by Crippen LogP contribution is -2.52. The summed E-state index contributed by atoms with van der Waals surface area (Å²) in [5.41, 5.74) is 0.00598. The first kappa shape index (κ1) is 13.5. The number of hydrogen-bond donors (Lipinski definition) is 0. The van der Waals surface area contributed by atoms with Crippen LogP contribution < -0.4 is 0 Å². The van der Waals surface area contributed by atoms with Crippen molar-refractivity contribution in [3.8, 4) is 0 Å². The first-order valence-electron chi connectivity index (χ1n) is 7.89. The van der Waals surface area contributed by atoms with Crippen molar-refractivity contribution < 1.29 is 19.1 Å². The summed E-state index contributed by atoms with van der Waals surface area (Å²) in [6.07, 6.45) is 10.2. The van der Waals surface area contributed by atoms with Gasteiger partial charge in [-0.2, -0.15) is 0 Å². The molecule has 5 nitrogen and oxygen atoms in total. The van der Waals surface area contributed by atoms with Crippen LogP contribution in [0.4, 0.5) is 0 Å². The van der Waals surface area contributed by atoms with Crippen molar-refractivity contribution >= 4 is 11.8 Å². The minimum absolute atomic E-state index is 0.00598. The van der Waals surface area contributed by atoms with Gasteiger partial charge in [0.15, 0.2) is 0 Å². The molecule has 21 heavy (non-hydrogen) atoms. The number of nitrogens with zero attached hydrogens (tertiary/aromatic N) is 1. The molecule has 5 aliphatic rings. The molecule has 0 aromatic heterocycles. The van der Waals surface area contributed by atoms with Crippen LogP contribution in [-0.2, 0) is 19.1 Å². The highest BCUT2D eigenvalue weighted by Gasteiger charge is 2.51. The van der Waals surface area contributed by atoms with E-state index in [1.807, 2.05) is 0 Å². The van der Waals surface area contributed by atoms with Crippen molar-refractivity contribution in [3.05, 3.63) is 12.2 Å². The Hall–Kier alpha value is -1.20. The molecule has 114 valence electrons. The van der Waals surface area contributed by atoms with Crippen LogP contribution in [0.1, 0.15) is 38.5 Å². The second-order valence-corrected chi connectivity index (χ2v) is 7.13.